The molecule has 0 bridgehead atoms. The Bertz CT molecular complexity index is 379. The molecule has 1 N–H and O–H groups in total. The molecule has 1 fully saturated rings. The topological polar surface area (TPSA) is 46.0 Å². The molecule has 1 aliphatic heterocycles. The monoisotopic (exact) mass is 251 g/mol. The zero-order valence-corrected chi connectivity index (χ0v) is 12.0. The van der Waals surface area contributed by atoms with Crippen molar-refractivity contribution >= 4 is 0 Å². The maximum atomic E-state index is 4.20. The van der Waals surface area contributed by atoms with E-state index in [-0.39, 0.29) is 5.54 Å². The Morgan fingerprint density at radius 3 is 2.78 bits per heavy atom. The Morgan fingerprint density at radius 2 is 2.22 bits per heavy atom. The first-order valence-corrected chi connectivity index (χ1v) is 6.76. The van der Waals surface area contributed by atoms with Crippen LogP contribution in [0.2, 0.25) is 0 Å². The molecule has 0 spiro atoms. The van der Waals surface area contributed by atoms with Crippen LogP contribution >= 0.6 is 0 Å². The summed E-state index contributed by atoms with van der Waals surface area (Å²) in [6.45, 7) is 10.7. The molecule has 5 heteroatoms. The van der Waals surface area contributed by atoms with Gasteiger partial charge >= 0.3 is 0 Å². The highest BCUT2D eigenvalue weighted by Gasteiger charge is 2.19. The van der Waals surface area contributed by atoms with Gasteiger partial charge in [0.25, 0.3) is 0 Å². The summed E-state index contributed by atoms with van der Waals surface area (Å²) in [7, 11) is 2.19. The second kappa shape index (κ2) is 5.36. The summed E-state index contributed by atoms with van der Waals surface area (Å²) < 4.78 is 1.92. The van der Waals surface area contributed by atoms with Gasteiger partial charge in [0.15, 0.2) is 0 Å². The minimum atomic E-state index is 0.0133. The quantitative estimate of drug-likeness (QED) is 0.869. The summed E-state index contributed by atoms with van der Waals surface area (Å²) in [5.41, 5.74) is 1.04. The Balaban J connectivity index is 1.75. The second-order valence-corrected chi connectivity index (χ2v) is 6.37. The van der Waals surface area contributed by atoms with Crippen LogP contribution in [0.5, 0.6) is 0 Å². The SMILES string of the molecule is CN1CCC(CNCc2cn(C(C)(C)C)nn2)C1. The smallest absolute Gasteiger partial charge is 0.0965 e. The fraction of sp³-hybridized carbons (Fsp3) is 0.846. The largest absolute Gasteiger partial charge is 0.311 e. The number of nitrogens with one attached hydrogen (secondary N) is 1. The van der Waals surface area contributed by atoms with Crippen LogP contribution in [-0.2, 0) is 12.1 Å². The summed E-state index contributed by atoms with van der Waals surface area (Å²) in [6, 6.07) is 0. The Morgan fingerprint density at radius 1 is 1.44 bits per heavy atom. The van der Waals surface area contributed by atoms with Crippen molar-refractivity contribution in [2.45, 2.75) is 39.3 Å². The first-order chi connectivity index (χ1) is 8.45. The summed E-state index contributed by atoms with van der Waals surface area (Å²) in [6.07, 6.45) is 3.34. The molecule has 1 atom stereocenters. The molecule has 2 heterocycles. The minimum Gasteiger partial charge on any atom is -0.311 e. The first kappa shape index (κ1) is 13.5. The molecule has 1 aromatic heterocycles. The zero-order chi connectivity index (χ0) is 13.2. The van der Waals surface area contributed by atoms with Gasteiger partial charge in [0, 0.05) is 13.1 Å². The predicted octanol–water partition coefficient (Wildman–Crippen LogP) is 1.07. The predicted molar refractivity (Wildman–Crippen MR) is 72.3 cm³/mol. The molecular formula is C13H25N5. The zero-order valence-electron chi connectivity index (χ0n) is 12.0. The Labute approximate surface area is 110 Å². The number of hydrogen-bond acceptors (Lipinski definition) is 4. The summed E-state index contributed by atoms with van der Waals surface area (Å²) >= 11 is 0. The highest BCUT2D eigenvalue weighted by molar-refractivity contribution is 4.94. The van der Waals surface area contributed by atoms with Gasteiger partial charge in [0.2, 0.25) is 0 Å². The minimum absolute atomic E-state index is 0.0133. The molecule has 1 aliphatic rings. The third kappa shape index (κ3) is 3.53. The number of nitrogens with zero attached hydrogens (tertiary/aromatic N) is 4. The van der Waals surface area contributed by atoms with Crippen molar-refractivity contribution in [3.8, 4) is 0 Å². The molecule has 0 amide bonds. The standard InChI is InChI=1S/C13H25N5/c1-13(2,3)18-10-12(15-16-18)8-14-7-11-5-6-17(4)9-11/h10-11,14H,5-9H2,1-4H3. The number of likely N-dealkylation sites (tertiary alicyclic amines) is 1. The van der Waals surface area contributed by atoms with Gasteiger partial charge in [0.1, 0.15) is 0 Å². The van der Waals surface area contributed by atoms with Crippen LogP contribution in [0.3, 0.4) is 0 Å². The van der Waals surface area contributed by atoms with Crippen molar-refractivity contribution in [1.82, 2.24) is 25.2 Å². The number of aromatic nitrogens is 3. The van der Waals surface area contributed by atoms with Gasteiger partial charge in [-0.2, -0.15) is 0 Å². The molecule has 2 rings (SSSR count). The molecule has 0 aliphatic carbocycles. The van der Waals surface area contributed by atoms with E-state index >= 15 is 0 Å². The molecule has 18 heavy (non-hydrogen) atoms. The Hall–Kier alpha value is -0.940. The molecular weight excluding hydrogens is 226 g/mol. The number of hydrogen-bond donors (Lipinski definition) is 1. The van der Waals surface area contributed by atoms with E-state index in [1.807, 2.05) is 10.9 Å². The van der Waals surface area contributed by atoms with E-state index in [1.54, 1.807) is 0 Å². The maximum Gasteiger partial charge on any atom is 0.0965 e. The van der Waals surface area contributed by atoms with Crippen molar-refractivity contribution in [2.24, 2.45) is 5.92 Å². The average Bonchev–Trinajstić information content (AvgIpc) is 2.87. The van der Waals surface area contributed by atoms with Crippen molar-refractivity contribution in [1.29, 1.82) is 0 Å². The lowest BCUT2D eigenvalue weighted by Gasteiger charge is -2.17. The Kier molecular flexibility index (Phi) is 4.02. The van der Waals surface area contributed by atoms with E-state index in [9.17, 15) is 0 Å². The lowest BCUT2D eigenvalue weighted by atomic mass is 10.1. The van der Waals surface area contributed by atoms with Gasteiger partial charge in [-0.15, -0.1) is 5.10 Å². The molecule has 102 valence electrons. The molecule has 1 saturated heterocycles. The van der Waals surface area contributed by atoms with E-state index in [4.69, 9.17) is 0 Å². The fourth-order valence-corrected chi connectivity index (χ4v) is 2.30. The van der Waals surface area contributed by atoms with Crippen LogP contribution in [0.4, 0.5) is 0 Å². The van der Waals surface area contributed by atoms with Crippen LogP contribution in [0.15, 0.2) is 6.20 Å². The van der Waals surface area contributed by atoms with Crippen molar-refractivity contribution in [3.63, 3.8) is 0 Å². The summed E-state index contributed by atoms with van der Waals surface area (Å²) in [4.78, 5) is 2.39. The van der Waals surface area contributed by atoms with Gasteiger partial charge in [-0.05, 0) is 53.2 Å². The molecule has 1 aromatic rings. The fourth-order valence-electron chi connectivity index (χ4n) is 2.30. The van der Waals surface area contributed by atoms with Crippen LogP contribution in [0.25, 0.3) is 0 Å². The van der Waals surface area contributed by atoms with E-state index in [1.165, 1.54) is 19.5 Å². The normalized spacial score (nSPS) is 21.7. The van der Waals surface area contributed by atoms with Crippen molar-refractivity contribution in [2.75, 3.05) is 26.7 Å². The number of rotatable bonds is 4. The highest BCUT2D eigenvalue weighted by Crippen LogP contribution is 2.14. The van der Waals surface area contributed by atoms with Gasteiger partial charge in [0.05, 0.1) is 17.4 Å². The van der Waals surface area contributed by atoms with Gasteiger partial charge in [-0.25, -0.2) is 4.68 Å². The molecule has 5 nitrogen and oxygen atoms in total. The second-order valence-electron chi connectivity index (χ2n) is 6.37. The van der Waals surface area contributed by atoms with Crippen molar-refractivity contribution in [3.05, 3.63) is 11.9 Å². The third-order valence-corrected chi connectivity index (χ3v) is 3.46. The van der Waals surface area contributed by atoms with Crippen molar-refractivity contribution < 1.29 is 0 Å². The van der Waals surface area contributed by atoms with E-state index in [0.29, 0.717) is 0 Å². The molecule has 0 aromatic carbocycles. The highest BCUT2D eigenvalue weighted by atomic mass is 15.4. The van der Waals surface area contributed by atoms with E-state index < -0.39 is 0 Å². The lowest BCUT2D eigenvalue weighted by Crippen LogP contribution is -2.25. The molecule has 0 radical (unpaired) electrons. The van der Waals surface area contributed by atoms with Gasteiger partial charge in [-0.3, -0.25) is 0 Å². The maximum absolute atomic E-state index is 4.20. The van der Waals surface area contributed by atoms with Gasteiger partial charge in [-0.1, -0.05) is 5.21 Å². The van der Waals surface area contributed by atoms with Crippen LogP contribution in [-0.4, -0.2) is 46.6 Å². The summed E-state index contributed by atoms with van der Waals surface area (Å²) in [5, 5.41) is 11.9. The lowest BCUT2D eigenvalue weighted by molar-refractivity contribution is 0.346. The van der Waals surface area contributed by atoms with E-state index in [0.717, 1.165) is 24.7 Å². The molecule has 1 unspecified atom stereocenters. The van der Waals surface area contributed by atoms with Crippen LogP contribution in [0.1, 0.15) is 32.9 Å². The van der Waals surface area contributed by atoms with Gasteiger partial charge < -0.3 is 10.2 Å². The summed E-state index contributed by atoms with van der Waals surface area (Å²) in [5.74, 6) is 0.785. The third-order valence-electron chi connectivity index (χ3n) is 3.46. The first-order valence-electron chi connectivity index (χ1n) is 6.76. The van der Waals surface area contributed by atoms with Crippen LogP contribution in [0, 0.1) is 5.92 Å². The molecule has 0 saturated carbocycles. The van der Waals surface area contributed by atoms with E-state index in [2.05, 4.69) is 48.3 Å². The van der Waals surface area contributed by atoms with Crippen LogP contribution < -0.4 is 5.32 Å². The average molecular weight is 251 g/mol.